The Labute approximate surface area is 139 Å². The van der Waals surface area contributed by atoms with E-state index in [9.17, 15) is 4.79 Å². The van der Waals surface area contributed by atoms with Crippen molar-refractivity contribution in [1.82, 2.24) is 9.97 Å². The van der Waals surface area contributed by atoms with E-state index in [2.05, 4.69) is 20.6 Å². The third-order valence-electron chi connectivity index (χ3n) is 3.81. The summed E-state index contributed by atoms with van der Waals surface area (Å²) >= 11 is 0. The van der Waals surface area contributed by atoms with Crippen LogP contribution in [0.4, 0.5) is 17.5 Å². The molecule has 2 aromatic rings. The molecule has 126 valence electrons. The molecule has 0 radical (unpaired) electrons. The van der Waals surface area contributed by atoms with E-state index in [1.165, 1.54) is 6.20 Å². The number of hydrogen-bond donors (Lipinski definition) is 4. The molecule has 0 unspecified atom stereocenters. The van der Waals surface area contributed by atoms with Crippen molar-refractivity contribution in [2.24, 2.45) is 11.5 Å². The first-order chi connectivity index (χ1) is 11.6. The van der Waals surface area contributed by atoms with Crippen molar-refractivity contribution in [2.45, 2.75) is 18.5 Å². The molecule has 1 fully saturated rings. The van der Waals surface area contributed by atoms with Gasteiger partial charge in [-0.2, -0.15) is 4.98 Å². The Balaban J connectivity index is 1.83. The first-order valence-electron chi connectivity index (χ1n) is 7.72. The van der Waals surface area contributed by atoms with Crippen LogP contribution in [0.15, 0.2) is 36.5 Å². The number of amides is 1. The van der Waals surface area contributed by atoms with E-state index in [0.717, 1.165) is 12.1 Å². The quantitative estimate of drug-likeness (QED) is 0.640. The second-order valence-electron chi connectivity index (χ2n) is 5.59. The number of ether oxygens (including phenoxy) is 1. The fourth-order valence-electron chi connectivity index (χ4n) is 2.49. The van der Waals surface area contributed by atoms with Gasteiger partial charge in [0.15, 0.2) is 0 Å². The van der Waals surface area contributed by atoms with Crippen molar-refractivity contribution >= 4 is 23.4 Å². The Kier molecular flexibility index (Phi) is 4.88. The molecule has 1 amide bonds. The topological polar surface area (TPSA) is 128 Å². The molecule has 0 bridgehead atoms. The zero-order chi connectivity index (χ0) is 16.9. The van der Waals surface area contributed by atoms with Crippen LogP contribution in [0, 0.1) is 0 Å². The molecule has 3 rings (SSSR count). The van der Waals surface area contributed by atoms with E-state index in [-0.39, 0.29) is 17.6 Å². The van der Waals surface area contributed by atoms with Gasteiger partial charge < -0.3 is 26.8 Å². The van der Waals surface area contributed by atoms with Crippen LogP contribution in [0.25, 0.3) is 0 Å². The van der Waals surface area contributed by atoms with Gasteiger partial charge in [0.05, 0.1) is 6.61 Å². The summed E-state index contributed by atoms with van der Waals surface area (Å²) in [6.07, 6.45) is 2.18. The van der Waals surface area contributed by atoms with Crippen LogP contribution < -0.4 is 22.1 Å². The lowest BCUT2D eigenvalue weighted by atomic mass is 10.1. The summed E-state index contributed by atoms with van der Waals surface area (Å²) in [6, 6.07) is 9.29. The summed E-state index contributed by atoms with van der Waals surface area (Å²) in [5.74, 6) is 0.148. The number of rotatable bonds is 5. The normalized spacial score (nSPS) is 20.4. The van der Waals surface area contributed by atoms with Gasteiger partial charge in [0, 0.05) is 30.6 Å². The molecular formula is C16H20N6O2. The van der Waals surface area contributed by atoms with Crippen molar-refractivity contribution in [2.75, 3.05) is 23.8 Å². The summed E-state index contributed by atoms with van der Waals surface area (Å²) in [6.45, 7) is 1.13. The maximum atomic E-state index is 11.6. The van der Waals surface area contributed by atoms with Gasteiger partial charge in [-0.3, -0.25) is 4.79 Å². The van der Waals surface area contributed by atoms with Crippen LogP contribution in [0.3, 0.4) is 0 Å². The first kappa shape index (κ1) is 16.2. The second kappa shape index (κ2) is 7.24. The summed E-state index contributed by atoms with van der Waals surface area (Å²) in [5, 5.41) is 6.30. The molecular weight excluding hydrogens is 308 g/mol. The number of nitrogens with zero attached hydrogens (tertiary/aromatic N) is 2. The highest BCUT2D eigenvalue weighted by molar-refractivity contribution is 5.98. The molecule has 8 nitrogen and oxygen atoms in total. The minimum absolute atomic E-state index is 0.0164. The van der Waals surface area contributed by atoms with Gasteiger partial charge in [0.2, 0.25) is 5.95 Å². The van der Waals surface area contributed by atoms with Crippen LogP contribution in [0.5, 0.6) is 0 Å². The number of nitrogens with two attached hydrogens (primary N) is 2. The van der Waals surface area contributed by atoms with Crippen LogP contribution >= 0.6 is 0 Å². The molecule has 24 heavy (non-hydrogen) atoms. The Morgan fingerprint density at radius 1 is 1.29 bits per heavy atom. The van der Waals surface area contributed by atoms with E-state index in [0.29, 0.717) is 25.0 Å². The standard InChI is InChI=1S/C16H20N6O2/c17-12-9-24-7-6-13(12)21-16-19-8-11(14(18)23)15(22-16)20-10-4-2-1-3-5-10/h1-5,8,12-13H,6-7,9,17H2,(H2,18,23)(H2,19,20,21,22)/t12-,13+/m0/s1. The number of carbonyl (C=O) groups is 1. The Bertz CT molecular complexity index is 709. The van der Waals surface area contributed by atoms with Crippen LogP contribution in [-0.4, -0.2) is 41.2 Å². The highest BCUT2D eigenvalue weighted by Crippen LogP contribution is 2.20. The van der Waals surface area contributed by atoms with Gasteiger partial charge in [-0.05, 0) is 18.6 Å². The monoisotopic (exact) mass is 328 g/mol. The molecule has 0 aliphatic carbocycles. The summed E-state index contributed by atoms with van der Waals surface area (Å²) in [5.41, 5.74) is 12.5. The molecule has 8 heteroatoms. The largest absolute Gasteiger partial charge is 0.380 e. The molecule has 1 aromatic heterocycles. The number of aromatic nitrogens is 2. The summed E-state index contributed by atoms with van der Waals surface area (Å²) in [4.78, 5) is 20.2. The van der Waals surface area contributed by atoms with Crippen molar-refractivity contribution in [1.29, 1.82) is 0 Å². The Hall–Kier alpha value is -2.71. The maximum Gasteiger partial charge on any atom is 0.254 e. The minimum atomic E-state index is -0.595. The van der Waals surface area contributed by atoms with Crippen LogP contribution in [0.1, 0.15) is 16.8 Å². The minimum Gasteiger partial charge on any atom is -0.380 e. The SMILES string of the molecule is NC(=O)c1cnc(N[C@@H]2CCOC[C@@H]2N)nc1Nc1ccccc1. The van der Waals surface area contributed by atoms with Crippen molar-refractivity contribution in [3.8, 4) is 0 Å². The molecule has 1 aromatic carbocycles. The van der Waals surface area contributed by atoms with E-state index in [1.54, 1.807) is 0 Å². The van der Waals surface area contributed by atoms with Crippen LogP contribution in [0.2, 0.25) is 0 Å². The highest BCUT2D eigenvalue weighted by Gasteiger charge is 2.23. The number of primary amides is 1. The van der Waals surface area contributed by atoms with E-state index >= 15 is 0 Å². The molecule has 2 heterocycles. The summed E-state index contributed by atoms with van der Waals surface area (Å²) < 4.78 is 5.32. The molecule has 0 saturated carbocycles. The van der Waals surface area contributed by atoms with E-state index in [4.69, 9.17) is 16.2 Å². The number of hydrogen-bond acceptors (Lipinski definition) is 7. The molecule has 1 saturated heterocycles. The predicted octanol–water partition coefficient (Wildman–Crippen LogP) is 0.847. The average molecular weight is 328 g/mol. The second-order valence-corrected chi connectivity index (χ2v) is 5.59. The van der Waals surface area contributed by atoms with Gasteiger partial charge in [-0.1, -0.05) is 18.2 Å². The van der Waals surface area contributed by atoms with Gasteiger partial charge >= 0.3 is 0 Å². The van der Waals surface area contributed by atoms with Gasteiger partial charge in [-0.25, -0.2) is 4.98 Å². The van der Waals surface area contributed by atoms with Gasteiger partial charge in [0.25, 0.3) is 5.91 Å². The Morgan fingerprint density at radius 3 is 2.79 bits per heavy atom. The number of para-hydroxylation sites is 1. The third kappa shape index (κ3) is 3.79. The number of benzene rings is 1. The average Bonchev–Trinajstić information content (AvgIpc) is 2.58. The fraction of sp³-hybridized carbons (Fsp3) is 0.312. The van der Waals surface area contributed by atoms with Gasteiger partial charge in [0.1, 0.15) is 11.4 Å². The van der Waals surface area contributed by atoms with Crippen molar-refractivity contribution in [3.63, 3.8) is 0 Å². The van der Waals surface area contributed by atoms with Crippen LogP contribution in [-0.2, 0) is 4.74 Å². The van der Waals surface area contributed by atoms with Gasteiger partial charge in [-0.15, -0.1) is 0 Å². The highest BCUT2D eigenvalue weighted by atomic mass is 16.5. The zero-order valence-electron chi connectivity index (χ0n) is 13.1. The van der Waals surface area contributed by atoms with Crippen molar-refractivity contribution in [3.05, 3.63) is 42.1 Å². The number of carbonyl (C=O) groups excluding carboxylic acids is 1. The molecule has 1 aliphatic rings. The van der Waals surface area contributed by atoms with Crippen molar-refractivity contribution < 1.29 is 9.53 Å². The lowest BCUT2D eigenvalue weighted by molar-refractivity contribution is 0.0751. The maximum absolute atomic E-state index is 11.6. The summed E-state index contributed by atoms with van der Waals surface area (Å²) in [7, 11) is 0. The molecule has 6 N–H and O–H groups in total. The third-order valence-corrected chi connectivity index (χ3v) is 3.81. The lowest BCUT2D eigenvalue weighted by Crippen LogP contribution is -2.47. The van der Waals surface area contributed by atoms with E-state index < -0.39 is 5.91 Å². The molecule has 2 atom stereocenters. The Morgan fingerprint density at radius 2 is 2.08 bits per heavy atom. The first-order valence-corrected chi connectivity index (χ1v) is 7.72. The number of anilines is 3. The fourth-order valence-corrected chi connectivity index (χ4v) is 2.49. The smallest absolute Gasteiger partial charge is 0.254 e. The molecule has 1 aliphatic heterocycles. The predicted molar refractivity (Wildman–Crippen MR) is 91.1 cm³/mol. The zero-order valence-corrected chi connectivity index (χ0v) is 13.1. The van der Waals surface area contributed by atoms with E-state index in [1.807, 2.05) is 30.3 Å². The molecule has 0 spiro atoms. The lowest BCUT2D eigenvalue weighted by Gasteiger charge is -2.29. The number of nitrogens with one attached hydrogen (secondary N) is 2.